The summed E-state index contributed by atoms with van der Waals surface area (Å²) >= 11 is 0. The summed E-state index contributed by atoms with van der Waals surface area (Å²) in [6, 6.07) is 6.45. The molecule has 1 rings (SSSR count). The van der Waals surface area contributed by atoms with E-state index >= 15 is 0 Å². The van der Waals surface area contributed by atoms with Crippen LogP contribution in [-0.2, 0) is 9.84 Å². The minimum absolute atomic E-state index is 0.103. The van der Waals surface area contributed by atoms with Gasteiger partial charge in [-0.1, -0.05) is 13.5 Å². The maximum atomic E-state index is 11.6. The van der Waals surface area contributed by atoms with E-state index in [0.717, 1.165) is 0 Å². The zero-order valence-electron chi connectivity index (χ0n) is 10.4. The van der Waals surface area contributed by atoms with Crippen molar-refractivity contribution in [1.29, 1.82) is 0 Å². The Bertz CT molecular complexity index is 484. The van der Waals surface area contributed by atoms with E-state index in [1.165, 1.54) is 0 Å². The molecule has 0 bridgehead atoms. The van der Waals surface area contributed by atoms with Crippen LogP contribution in [0, 0.1) is 0 Å². The molecule has 0 spiro atoms. The van der Waals surface area contributed by atoms with Gasteiger partial charge in [-0.25, -0.2) is 8.42 Å². The Morgan fingerprint density at radius 2 is 1.82 bits per heavy atom. The molecule has 17 heavy (non-hydrogen) atoms. The zero-order valence-corrected chi connectivity index (χ0v) is 11.3. The average molecular weight is 254 g/mol. The van der Waals surface area contributed by atoms with Gasteiger partial charge in [0.2, 0.25) is 0 Å². The van der Waals surface area contributed by atoms with E-state index in [0.29, 0.717) is 10.6 Å². The third-order valence-corrected chi connectivity index (χ3v) is 4.19. The van der Waals surface area contributed by atoms with E-state index < -0.39 is 15.4 Å². The predicted molar refractivity (Wildman–Crippen MR) is 69.1 cm³/mol. The largest absolute Gasteiger partial charge is 0.484 e. The van der Waals surface area contributed by atoms with Crippen molar-refractivity contribution in [2.75, 3.05) is 5.75 Å². The van der Waals surface area contributed by atoms with Crippen LogP contribution in [0.1, 0.15) is 20.8 Å². The maximum absolute atomic E-state index is 11.6. The zero-order chi connectivity index (χ0) is 13.1. The van der Waals surface area contributed by atoms with Gasteiger partial charge in [-0.3, -0.25) is 0 Å². The number of hydrogen-bond donors (Lipinski definition) is 0. The standard InChI is InChI=1S/C13H18O3S/c1-5-13(3,4)16-11-7-9-12(10-8-11)17(14,15)6-2/h5,7-10H,1,6H2,2-4H3. The van der Waals surface area contributed by atoms with Crippen molar-refractivity contribution < 1.29 is 13.2 Å². The second-order valence-electron chi connectivity index (χ2n) is 4.28. The summed E-state index contributed by atoms with van der Waals surface area (Å²) in [5, 5.41) is 0. The van der Waals surface area contributed by atoms with Crippen molar-refractivity contribution in [2.24, 2.45) is 0 Å². The van der Waals surface area contributed by atoms with E-state index in [1.54, 1.807) is 37.3 Å². The van der Waals surface area contributed by atoms with E-state index in [1.807, 2.05) is 13.8 Å². The van der Waals surface area contributed by atoms with Gasteiger partial charge in [0.15, 0.2) is 9.84 Å². The molecule has 0 amide bonds. The molecule has 0 saturated carbocycles. The first-order valence-electron chi connectivity index (χ1n) is 5.46. The molecule has 0 aromatic heterocycles. The van der Waals surface area contributed by atoms with Gasteiger partial charge in [-0.15, -0.1) is 0 Å². The number of ether oxygens (including phenoxy) is 1. The van der Waals surface area contributed by atoms with Crippen LogP contribution in [0.15, 0.2) is 41.8 Å². The fourth-order valence-corrected chi connectivity index (χ4v) is 2.11. The normalized spacial score (nSPS) is 12.2. The molecule has 0 atom stereocenters. The number of rotatable bonds is 5. The van der Waals surface area contributed by atoms with Gasteiger partial charge in [0.1, 0.15) is 11.4 Å². The highest BCUT2D eigenvalue weighted by atomic mass is 32.2. The topological polar surface area (TPSA) is 43.4 Å². The molecule has 0 heterocycles. The Kier molecular flexibility index (Phi) is 3.98. The second kappa shape index (κ2) is 4.92. The van der Waals surface area contributed by atoms with Crippen molar-refractivity contribution in [3.8, 4) is 5.75 Å². The molecule has 0 fully saturated rings. The van der Waals surface area contributed by atoms with Crippen molar-refractivity contribution in [3.05, 3.63) is 36.9 Å². The summed E-state index contributed by atoms with van der Waals surface area (Å²) in [7, 11) is -3.14. The summed E-state index contributed by atoms with van der Waals surface area (Å²) in [5.41, 5.74) is -0.467. The Morgan fingerprint density at radius 3 is 2.24 bits per heavy atom. The van der Waals surface area contributed by atoms with Crippen LogP contribution in [0.3, 0.4) is 0 Å². The van der Waals surface area contributed by atoms with Crippen LogP contribution in [0.5, 0.6) is 5.75 Å². The highest BCUT2D eigenvalue weighted by Crippen LogP contribution is 2.21. The lowest BCUT2D eigenvalue weighted by Gasteiger charge is -2.22. The molecule has 0 N–H and O–H groups in total. The summed E-state index contributed by atoms with van der Waals surface area (Å²) in [6.45, 7) is 9.07. The fourth-order valence-electron chi connectivity index (χ4n) is 1.23. The van der Waals surface area contributed by atoms with Crippen molar-refractivity contribution in [3.63, 3.8) is 0 Å². The minimum atomic E-state index is -3.14. The Morgan fingerprint density at radius 1 is 1.29 bits per heavy atom. The van der Waals surface area contributed by atoms with E-state index in [4.69, 9.17) is 4.74 Å². The summed E-state index contributed by atoms with van der Waals surface area (Å²) in [6.07, 6.45) is 1.70. The van der Waals surface area contributed by atoms with Gasteiger partial charge < -0.3 is 4.74 Å². The molecule has 4 heteroatoms. The van der Waals surface area contributed by atoms with E-state index in [9.17, 15) is 8.42 Å². The molecule has 0 radical (unpaired) electrons. The highest BCUT2D eigenvalue weighted by molar-refractivity contribution is 7.91. The Hall–Kier alpha value is -1.29. The van der Waals surface area contributed by atoms with Crippen LogP contribution in [0.25, 0.3) is 0 Å². The second-order valence-corrected chi connectivity index (χ2v) is 6.56. The lowest BCUT2D eigenvalue weighted by molar-refractivity contribution is 0.162. The van der Waals surface area contributed by atoms with Gasteiger partial charge in [-0.2, -0.15) is 0 Å². The first-order valence-corrected chi connectivity index (χ1v) is 7.11. The third kappa shape index (κ3) is 3.60. The average Bonchev–Trinajstić information content (AvgIpc) is 2.29. The molecule has 0 saturated heterocycles. The fraction of sp³-hybridized carbons (Fsp3) is 0.385. The van der Waals surface area contributed by atoms with Crippen molar-refractivity contribution in [2.45, 2.75) is 31.3 Å². The summed E-state index contributed by atoms with van der Waals surface area (Å²) < 4.78 is 28.8. The molecule has 1 aromatic carbocycles. The molecule has 0 aliphatic rings. The summed E-state index contributed by atoms with van der Waals surface area (Å²) in [5.74, 6) is 0.732. The lowest BCUT2D eigenvalue weighted by atomic mass is 10.1. The lowest BCUT2D eigenvalue weighted by Crippen LogP contribution is -2.24. The first-order chi connectivity index (χ1) is 7.80. The smallest absolute Gasteiger partial charge is 0.178 e. The predicted octanol–water partition coefficient (Wildman–Crippen LogP) is 2.82. The van der Waals surface area contributed by atoms with Gasteiger partial charge in [0, 0.05) is 0 Å². The third-order valence-electron chi connectivity index (χ3n) is 2.44. The molecule has 0 aliphatic carbocycles. The van der Waals surface area contributed by atoms with Crippen molar-refractivity contribution >= 4 is 9.84 Å². The highest BCUT2D eigenvalue weighted by Gasteiger charge is 2.15. The molecular weight excluding hydrogens is 236 g/mol. The molecule has 1 aromatic rings. The molecule has 0 unspecified atom stereocenters. The minimum Gasteiger partial charge on any atom is -0.484 e. The van der Waals surface area contributed by atoms with E-state index in [2.05, 4.69) is 6.58 Å². The van der Waals surface area contributed by atoms with Gasteiger partial charge in [0.25, 0.3) is 0 Å². The molecule has 3 nitrogen and oxygen atoms in total. The number of sulfone groups is 1. The summed E-state index contributed by atoms with van der Waals surface area (Å²) in [4.78, 5) is 0.323. The SMILES string of the molecule is C=CC(C)(C)Oc1ccc(S(=O)(=O)CC)cc1. The molecular formula is C13H18O3S. The maximum Gasteiger partial charge on any atom is 0.178 e. The Labute approximate surface area is 103 Å². The van der Waals surface area contributed by atoms with Crippen LogP contribution in [0.2, 0.25) is 0 Å². The van der Waals surface area contributed by atoms with Gasteiger partial charge in [0.05, 0.1) is 10.6 Å². The molecule has 94 valence electrons. The van der Waals surface area contributed by atoms with Crippen LogP contribution < -0.4 is 4.74 Å². The van der Waals surface area contributed by atoms with Gasteiger partial charge >= 0.3 is 0 Å². The van der Waals surface area contributed by atoms with Crippen LogP contribution in [0.4, 0.5) is 0 Å². The van der Waals surface area contributed by atoms with Crippen LogP contribution >= 0.6 is 0 Å². The van der Waals surface area contributed by atoms with E-state index in [-0.39, 0.29) is 5.75 Å². The van der Waals surface area contributed by atoms with Gasteiger partial charge in [-0.05, 0) is 44.2 Å². The number of benzene rings is 1. The quantitative estimate of drug-likeness (QED) is 0.759. The van der Waals surface area contributed by atoms with Crippen LogP contribution in [-0.4, -0.2) is 19.8 Å². The molecule has 0 aliphatic heterocycles. The number of hydrogen-bond acceptors (Lipinski definition) is 3. The first kappa shape index (κ1) is 13.8. The van der Waals surface area contributed by atoms with Crippen molar-refractivity contribution in [1.82, 2.24) is 0 Å². The Balaban J connectivity index is 2.93. The monoisotopic (exact) mass is 254 g/mol.